The summed E-state index contributed by atoms with van der Waals surface area (Å²) in [4.78, 5) is 12.3. The van der Waals surface area contributed by atoms with E-state index in [4.69, 9.17) is 0 Å². The Bertz CT molecular complexity index is 650. The highest BCUT2D eigenvalue weighted by Gasteiger charge is 2.37. The first-order valence-electron chi connectivity index (χ1n) is 7.52. The summed E-state index contributed by atoms with van der Waals surface area (Å²) >= 11 is 0. The molecule has 7 heteroatoms. The molecule has 1 aliphatic carbocycles. The smallest absolute Gasteiger partial charge is 0.227 e. The zero-order chi connectivity index (χ0) is 17.2. The van der Waals surface area contributed by atoms with Gasteiger partial charge in [0.1, 0.15) is 12.3 Å². The van der Waals surface area contributed by atoms with Crippen molar-refractivity contribution in [2.45, 2.75) is 42.4 Å². The third kappa shape index (κ3) is 4.28. The van der Waals surface area contributed by atoms with Crippen molar-refractivity contribution in [3.8, 4) is 0 Å². The van der Waals surface area contributed by atoms with Crippen LogP contribution in [0.15, 0.2) is 29.2 Å². The largest absolute Gasteiger partial charge is 0.359 e. The lowest BCUT2D eigenvalue weighted by atomic mass is 9.87. The van der Waals surface area contributed by atoms with Gasteiger partial charge in [-0.3, -0.25) is 4.79 Å². The summed E-state index contributed by atoms with van der Waals surface area (Å²) in [5.41, 5.74) is 0.648. The van der Waals surface area contributed by atoms with Crippen LogP contribution in [-0.4, -0.2) is 40.0 Å². The highest BCUT2D eigenvalue weighted by Crippen LogP contribution is 2.37. The summed E-state index contributed by atoms with van der Waals surface area (Å²) < 4.78 is 49.7. The lowest BCUT2D eigenvalue weighted by molar-refractivity contribution is -0.122. The van der Waals surface area contributed by atoms with E-state index in [2.05, 4.69) is 5.32 Å². The number of hydrogen-bond donors (Lipinski definition) is 1. The van der Waals surface area contributed by atoms with Gasteiger partial charge >= 0.3 is 0 Å². The second-order valence-corrected chi connectivity index (χ2v) is 8.13. The standard InChI is InChI=1S/C16H21F2NO3S/c1-19-16(20)13(7-10-8-14(17)15(18)9-10)11-3-5-12(6-4-11)23(2,21)22/h3-6,10,13-15H,7-9H2,1-2H3,(H,19,20)/t10?,13-,14-,15+/m1/s1. The molecule has 4 atom stereocenters. The van der Waals surface area contributed by atoms with Crippen molar-refractivity contribution in [1.82, 2.24) is 5.32 Å². The molecule has 1 unspecified atom stereocenters. The molecule has 0 radical (unpaired) electrons. The van der Waals surface area contributed by atoms with Crippen molar-refractivity contribution >= 4 is 15.7 Å². The van der Waals surface area contributed by atoms with E-state index < -0.39 is 28.1 Å². The van der Waals surface area contributed by atoms with Crippen LogP contribution in [0.2, 0.25) is 0 Å². The third-order valence-corrected chi connectivity index (χ3v) is 5.48. The molecule has 1 aromatic carbocycles. The van der Waals surface area contributed by atoms with E-state index in [-0.39, 0.29) is 29.6 Å². The minimum Gasteiger partial charge on any atom is -0.359 e. The molecule has 1 aromatic rings. The molecule has 4 nitrogen and oxygen atoms in total. The van der Waals surface area contributed by atoms with Crippen LogP contribution < -0.4 is 5.32 Å². The van der Waals surface area contributed by atoms with Gasteiger partial charge in [0.2, 0.25) is 5.91 Å². The Morgan fingerprint density at radius 1 is 1.22 bits per heavy atom. The summed E-state index contributed by atoms with van der Waals surface area (Å²) in [6.45, 7) is 0. The number of hydrogen-bond acceptors (Lipinski definition) is 3. The van der Waals surface area contributed by atoms with E-state index in [9.17, 15) is 22.0 Å². The van der Waals surface area contributed by atoms with Gasteiger partial charge in [0.05, 0.1) is 10.8 Å². The minimum absolute atomic E-state index is 0.121. The van der Waals surface area contributed by atoms with Crippen LogP contribution in [0.3, 0.4) is 0 Å². The van der Waals surface area contributed by atoms with Crippen LogP contribution in [0.5, 0.6) is 0 Å². The average molecular weight is 345 g/mol. The molecule has 1 saturated carbocycles. The van der Waals surface area contributed by atoms with Gasteiger partial charge in [-0.25, -0.2) is 17.2 Å². The number of carbonyl (C=O) groups excluding carboxylic acids is 1. The molecule has 1 fully saturated rings. The summed E-state index contributed by atoms with van der Waals surface area (Å²) in [6, 6.07) is 6.08. The van der Waals surface area contributed by atoms with E-state index in [1.807, 2.05) is 0 Å². The van der Waals surface area contributed by atoms with E-state index >= 15 is 0 Å². The molecule has 0 bridgehead atoms. The Labute approximate surface area is 135 Å². The fourth-order valence-corrected chi connectivity index (χ4v) is 3.70. The topological polar surface area (TPSA) is 63.2 Å². The number of sulfone groups is 1. The number of benzene rings is 1. The summed E-state index contributed by atoms with van der Waals surface area (Å²) in [6.07, 6.45) is -1.22. The molecule has 2 rings (SSSR count). The Morgan fingerprint density at radius 2 is 1.74 bits per heavy atom. The van der Waals surface area contributed by atoms with Crippen molar-refractivity contribution in [2.75, 3.05) is 13.3 Å². The van der Waals surface area contributed by atoms with Gasteiger partial charge in [-0.05, 0) is 42.9 Å². The average Bonchev–Trinajstić information content (AvgIpc) is 2.81. The minimum atomic E-state index is -3.31. The molecular weight excluding hydrogens is 324 g/mol. The number of halogens is 2. The highest BCUT2D eigenvalue weighted by molar-refractivity contribution is 7.90. The van der Waals surface area contributed by atoms with E-state index in [0.717, 1.165) is 6.26 Å². The van der Waals surface area contributed by atoms with Gasteiger partial charge in [0.15, 0.2) is 9.84 Å². The number of rotatable bonds is 5. The molecular formula is C16H21F2NO3S. The number of likely N-dealkylation sites (N-methyl/N-ethyl adjacent to an activating group) is 1. The second-order valence-electron chi connectivity index (χ2n) is 6.11. The summed E-state index contributed by atoms with van der Waals surface area (Å²) in [5, 5.41) is 2.56. The van der Waals surface area contributed by atoms with Crippen LogP contribution in [0.4, 0.5) is 8.78 Å². The first kappa shape index (κ1) is 17.8. The molecule has 1 N–H and O–H groups in total. The Hall–Kier alpha value is -1.50. The molecule has 1 aliphatic rings. The van der Waals surface area contributed by atoms with Crippen LogP contribution in [0.25, 0.3) is 0 Å². The first-order chi connectivity index (χ1) is 10.7. The predicted molar refractivity (Wildman–Crippen MR) is 83.5 cm³/mol. The Kier molecular flexibility index (Phi) is 5.39. The second kappa shape index (κ2) is 6.95. The maximum atomic E-state index is 13.3. The molecule has 23 heavy (non-hydrogen) atoms. The molecule has 0 spiro atoms. The highest BCUT2D eigenvalue weighted by atomic mass is 32.2. The molecule has 0 saturated heterocycles. The number of amides is 1. The fourth-order valence-electron chi connectivity index (χ4n) is 3.07. The first-order valence-corrected chi connectivity index (χ1v) is 9.41. The fraction of sp³-hybridized carbons (Fsp3) is 0.562. The normalized spacial score (nSPS) is 26.0. The van der Waals surface area contributed by atoms with E-state index in [1.54, 1.807) is 12.1 Å². The van der Waals surface area contributed by atoms with Gasteiger partial charge in [0.25, 0.3) is 0 Å². The number of nitrogens with one attached hydrogen (secondary N) is 1. The molecule has 1 amide bonds. The monoisotopic (exact) mass is 345 g/mol. The zero-order valence-electron chi connectivity index (χ0n) is 13.1. The summed E-state index contributed by atoms with van der Waals surface area (Å²) in [7, 11) is -1.80. The molecule has 0 heterocycles. The van der Waals surface area contributed by atoms with E-state index in [1.165, 1.54) is 19.2 Å². The third-order valence-electron chi connectivity index (χ3n) is 4.35. The molecule has 128 valence electrons. The SMILES string of the molecule is CNC(=O)[C@H](CC1C[C@@H](F)[C@@H](F)C1)c1ccc(S(C)(=O)=O)cc1. The molecule has 0 aliphatic heterocycles. The van der Waals surface area contributed by atoms with Gasteiger partial charge in [-0.1, -0.05) is 12.1 Å². The van der Waals surface area contributed by atoms with Crippen molar-refractivity contribution in [1.29, 1.82) is 0 Å². The maximum absolute atomic E-state index is 13.3. The number of carbonyl (C=O) groups is 1. The van der Waals surface area contributed by atoms with Gasteiger partial charge in [-0.15, -0.1) is 0 Å². The van der Waals surface area contributed by atoms with Gasteiger partial charge in [0, 0.05) is 13.3 Å². The van der Waals surface area contributed by atoms with Crippen molar-refractivity contribution in [3.05, 3.63) is 29.8 Å². The quantitative estimate of drug-likeness (QED) is 0.891. The Balaban J connectivity index is 2.20. The lowest BCUT2D eigenvalue weighted by Gasteiger charge is -2.19. The van der Waals surface area contributed by atoms with Crippen LogP contribution >= 0.6 is 0 Å². The van der Waals surface area contributed by atoms with E-state index in [0.29, 0.717) is 12.0 Å². The Morgan fingerprint density at radius 3 is 2.17 bits per heavy atom. The lowest BCUT2D eigenvalue weighted by Crippen LogP contribution is -2.27. The predicted octanol–water partition coefficient (Wildman–Crippen LogP) is 2.40. The maximum Gasteiger partial charge on any atom is 0.227 e. The number of alkyl halides is 2. The van der Waals surface area contributed by atoms with Crippen molar-refractivity contribution in [2.24, 2.45) is 5.92 Å². The van der Waals surface area contributed by atoms with Crippen LogP contribution in [0.1, 0.15) is 30.7 Å². The van der Waals surface area contributed by atoms with Gasteiger partial charge in [-0.2, -0.15) is 0 Å². The zero-order valence-corrected chi connectivity index (χ0v) is 13.9. The van der Waals surface area contributed by atoms with Crippen molar-refractivity contribution < 1.29 is 22.0 Å². The van der Waals surface area contributed by atoms with Crippen LogP contribution in [0, 0.1) is 5.92 Å². The van der Waals surface area contributed by atoms with Crippen molar-refractivity contribution in [3.63, 3.8) is 0 Å². The molecule has 0 aromatic heterocycles. The van der Waals surface area contributed by atoms with Gasteiger partial charge < -0.3 is 5.32 Å². The van der Waals surface area contributed by atoms with Crippen LogP contribution in [-0.2, 0) is 14.6 Å². The summed E-state index contributed by atoms with van der Waals surface area (Å²) in [5.74, 6) is -0.984.